The summed E-state index contributed by atoms with van der Waals surface area (Å²) in [6.07, 6.45) is -0.250. The number of benzene rings is 2. The van der Waals surface area contributed by atoms with Crippen LogP contribution in [-0.2, 0) is 14.3 Å². The van der Waals surface area contributed by atoms with Crippen LogP contribution in [-0.4, -0.2) is 53.5 Å². The lowest BCUT2D eigenvalue weighted by atomic mass is 9.98. The number of rotatable bonds is 7. The van der Waals surface area contributed by atoms with Crippen LogP contribution in [0.15, 0.2) is 48.5 Å². The Morgan fingerprint density at radius 2 is 1.67 bits per heavy atom. The zero-order chi connectivity index (χ0) is 23.2. The highest BCUT2D eigenvalue weighted by Crippen LogP contribution is 2.63. The van der Waals surface area contributed by atoms with Gasteiger partial charge in [-0.15, -0.1) is 0 Å². The van der Waals surface area contributed by atoms with Gasteiger partial charge < -0.3 is 25.6 Å². The van der Waals surface area contributed by atoms with Gasteiger partial charge in [0.1, 0.15) is 6.61 Å². The van der Waals surface area contributed by atoms with E-state index in [2.05, 4.69) is 34.9 Å². The van der Waals surface area contributed by atoms with Gasteiger partial charge in [0.25, 0.3) is 0 Å². The molecule has 0 radical (unpaired) electrons. The van der Waals surface area contributed by atoms with Crippen molar-refractivity contribution in [3.63, 3.8) is 0 Å². The minimum Gasteiger partial charge on any atom is -0.479 e. The van der Waals surface area contributed by atoms with Crippen LogP contribution in [0.5, 0.6) is 0 Å². The number of carbonyl (C=O) groups excluding carboxylic acids is 2. The fourth-order valence-corrected chi connectivity index (χ4v) is 5.55. The van der Waals surface area contributed by atoms with Crippen LogP contribution >= 0.6 is 0 Å². The summed E-state index contributed by atoms with van der Waals surface area (Å²) in [5, 5.41) is 23.5. The van der Waals surface area contributed by atoms with Crippen molar-refractivity contribution in [2.45, 2.75) is 37.3 Å². The molecule has 8 heteroatoms. The fraction of sp³-hybridized carbons (Fsp3) is 0.400. The largest absolute Gasteiger partial charge is 0.479 e. The van der Waals surface area contributed by atoms with Gasteiger partial charge in [-0.3, -0.25) is 4.79 Å². The van der Waals surface area contributed by atoms with Crippen LogP contribution < -0.4 is 10.6 Å². The standard InChI is InChI=1S/C25H26N2O6/c28-21(22(29)30)12-26-23(31)25-10-14(25)9-15(11-25)27-24(32)33-13-20-18-7-3-1-5-16(18)17-6-2-4-8-19(17)20/h1-8,14-15,20-21,28H,9-13H2,(H,26,31)(H,27,32)(H,29,30). The third-order valence-corrected chi connectivity index (χ3v) is 7.27. The maximum absolute atomic E-state index is 12.5. The van der Waals surface area contributed by atoms with Gasteiger partial charge in [-0.05, 0) is 47.4 Å². The molecular formula is C25H26N2O6. The Morgan fingerprint density at radius 3 is 2.30 bits per heavy atom. The molecule has 33 heavy (non-hydrogen) atoms. The van der Waals surface area contributed by atoms with Crippen molar-refractivity contribution in [3.8, 4) is 11.1 Å². The van der Waals surface area contributed by atoms with Crippen molar-refractivity contribution in [2.75, 3.05) is 13.2 Å². The van der Waals surface area contributed by atoms with Gasteiger partial charge in [0.05, 0.1) is 12.0 Å². The zero-order valence-electron chi connectivity index (χ0n) is 18.0. The number of nitrogens with one attached hydrogen (secondary N) is 2. The third kappa shape index (κ3) is 3.84. The molecule has 2 saturated carbocycles. The second-order valence-corrected chi connectivity index (χ2v) is 9.23. The summed E-state index contributed by atoms with van der Waals surface area (Å²) in [5.74, 6) is -1.50. The van der Waals surface area contributed by atoms with Crippen LogP contribution in [0.4, 0.5) is 4.79 Å². The first-order valence-electron chi connectivity index (χ1n) is 11.2. The average molecular weight is 450 g/mol. The second-order valence-electron chi connectivity index (χ2n) is 9.23. The summed E-state index contributed by atoms with van der Waals surface area (Å²) >= 11 is 0. The van der Waals surface area contributed by atoms with Crippen molar-refractivity contribution in [3.05, 3.63) is 59.7 Å². The van der Waals surface area contributed by atoms with Crippen molar-refractivity contribution in [2.24, 2.45) is 11.3 Å². The molecule has 4 atom stereocenters. The van der Waals surface area contributed by atoms with E-state index in [1.165, 1.54) is 11.1 Å². The number of aliphatic hydroxyl groups excluding tert-OH is 1. The summed E-state index contributed by atoms with van der Waals surface area (Å²) in [6.45, 7) is -0.0954. The van der Waals surface area contributed by atoms with Crippen molar-refractivity contribution < 1.29 is 29.3 Å². The molecule has 8 nitrogen and oxygen atoms in total. The molecule has 3 aliphatic carbocycles. The van der Waals surface area contributed by atoms with Crippen LogP contribution in [0.1, 0.15) is 36.3 Å². The molecule has 0 aromatic heterocycles. The molecule has 3 aliphatic rings. The first-order valence-corrected chi connectivity index (χ1v) is 11.2. The van der Waals surface area contributed by atoms with Gasteiger partial charge in [-0.25, -0.2) is 9.59 Å². The summed E-state index contributed by atoms with van der Waals surface area (Å²) in [7, 11) is 0. The number of carbonyl (C=O) groups is 3. The summed E-state index contributed by atoms with van der Waals surface area (Å²) in [5.41, 5.74) is 4.04. The minimum atomic E-state index is -1.63. The van der Waals surface area contributed by atoms with Crippen LogP contribution in [0.2, 0.25) is 0 Å². The Labute approximate surface area is 191 Å². The topological polar surface area (TPSA) is 125 Å². The molecule has 4 unspecified atom stereocenters. The van der Waals surface area contributed by atoms with E-state index in [9.17, 15) is 19.5 Å². The quantitative estimate of drug-likeness (QED) is 0.513. The van der Waals surface area contributed by atoms with Gasteiger partial charge in [-0.1, -0.05) is 48.5 Å². The Hall–Kier alpha value is -3.39. The second kappa shape index (κ2) is 8.19. The first kappa shape index (κ1) is 21.5. The Morgan fingerprint density at radius 1 is 1.03 bits per heavy atom. The molecule has 5 rings (SSSR count). The highest BCUT2D eigenvalue weighted by atomic mass is 16.5. The number of amides is 2. The number of alkyl carbamates (subject to hydrolysis) is 1. The van der Waals surface area contributed by atoms with E-state index in [-0.39, 0.29) is 36.9 Å². The summed E-state index contributed by atoms with van der Waals surface area (Å²) in [4.78, 5) is 35.8. The van der Waals surface area contributed by atoms with E-state index >= 15 is 0 Å². The Kier molecular flexibility index (Phi) is 5.32. The molecule has 0 spiro atoms. The van der Waals surface area contributed by atoms with Gasteiger partial charge in [0.2, 0.25) is 5.91 Å². The highest BCUT2D eigenvalue weighted by Gasteiger charge is 2.65. The molecule has 2 fully saturated rings. The molecule has 0 saturated heterocycles. The van der Waals surface area contributed by atoms with Crippen LogP contribution in [0.25, 0.3) is 11.1 Å². The van der Waals surface area contributed by atoms with Crippen LogP contribution in [0, 0.1) is 11.3 Å². The Bertz CT molecular complexity index is 1070. The average Bonchev–Trinajstić information content (AvgIpc) is 3.24. The molecule has 0 heterocycles. The normalized spacial score (nSPS) is 25.4. The molecule has 0 bridgehead atoms. The molecule has 2 amide bonds. The first-order chi connectivity index (χ1) is 15.9. The van der Waals surface area contributed by atoms with Crippen molar-refractivity contribution >= 4 is 18.0 Å². The number of fused-ring (bicyclic) bond motifs is 4. The number of ether oxygens (including phenoxy) is 1. The number of carboxylic acids is 1. The highest BCUT2D eigenvalue weighted by molar-refractivity contribution is 5.87. The van der Waals surface area contributed by atoms with E-state index in [4.69, 9.17) is 9.84 Å². The number of carboxylic acid groups (broad SMARTS) is 1. The summed E-state index contributed by atoms with van der Waals surface area (Å²) < 4.78 is 5.60. The minimum absolute atomic E-state index is 0.0158. The van der Waals surface area contributed by atoms with Gasteiger partial charge in [0.15, 0.2) is 6.10 Å². The fourth-order valence-electron chi connectivity index (χ4n) is 5.55. The smallest absolute Gasteiger partial charge is 0.407 e. The molecule has 2 aromatic carbocycles. The molecular weight excluding hydrogens is 424 g/mol. The number of aliphatic hydroxyl groups is 1. The maximum Gasteiger partial charge on any atom is 0.407 e. The SMILES string of the molecule is O=C(NC1CC2CC2(C(=O)NCC(O)C(=O)O)C1)OCC1c2ccccc2-c2ccccc21. The van der Waals surface area contributed by atoms with E-state index in [0.29, 0.717) is 19.3 Å². The lowest BCUT2D eigenvalue weighted by Gasteiger charge is -2.19. The van der Waals surface area contributed by atoms with E-state index in [1.807, 2.05) is 24.3 Å². The number of hydrogen-bond donors (Lipinski definition) is 4. The lowest BCUT2D eigenvalue weighted by Crippen LogP contribution is -2.41. The van der Waals surface area contributed by atoms with Gasteiger partial charge in [-0.2, -0.15) is 0 Å². The number of hydrogen-bond acceptors (Lipinski definition) is 5. The van der Waals surface area contributed by atoms with E-state index in [0.717, 1.165) is 11.1 Å². The van der Waals surface area contributed by atoms with Crippen molar-refractivity contribution in [1.82, 2.24) is 10.6 Å². The van der Waals surface area contributed by atoms with Crippen molar-refractivity contribution in [1.29, 1.82) is 0 Å². The molecule has 172 valence electrons. The van der Waals surface area contributed by atoms with Crippen LogP contribution in [0.3, 0.4) is 0 Å². The zero-order valence-corrected chi connectivity index (χ0v) is 18.0. The summed E-state index contributed by atoms with van der Waals surface area (Å²) in [6, 6.07) is 16.1. The van der Waals surface area contributed by atoms with Gasteiger partial charge in [0, 0.05) is 12.0 Å². The molecule has 0 aliphatic heterocycles. The third-order valence-electron chi connectivity index (χ3n) is 7.27. The number of aliphatic carboxylic acids is 1. The lowest BCUT2D eigenvalue weighted by molar-refractivity contribution is -0.146. The predicted molar refractivity (Wildman–Crippen MR) is 118 cm³/mol. The predicted octanol–water partition coefficient (Wildman–Crippen LogP) is 2.26. The van der Waals surface area contributed by atoms with Gasteiger partial charge >= 0.3 is 12.1 Å². The Balaban J connectivity index is 1.15. The maximum atomic E-state index is 12.5. The molecule has 4 N–H and O–H groups in total. The monoisotopic (exact) mass is 450 g/mol. The van der Waals surface area contributed by atoms with E-state index in [1.54, 1.807) is 0 Å². The molecule has 2 aromatic rings. The van der Waals surface area contributed by atoms with E-state index < -0.39 is 23.6 Å².